The average molecular weight is 251 g/mol. The number of benzene rings is 2. The standard InChI is InChI=1S/C14H9N3O2/c18-17(19)11-6-7-12-13(8-11)16-14(9-15-12)10-4-2-1-3-5-10/h1-9H. The molecule has 1 heterocycles. The lowest BCUT2D eigenvalue weighted by Gasteiger charge is -2.02. The topological polar surface area (TPSA) is 68.9 Å². The van der Waals surface area contributed by atoms with E-state index in [1.165, 1.54) is 12.1 Å². The van der Waals surface area contributed by atoms with E-state index in [1.54, 1.807) is 12.3 Å². The highest BCUT2D eigenvalue weighted by atomic mass is 16.6. The van der Waals surface area contributed by atoms with Crippen LogP contribution in [-0.2, 0) is 0 Å². The third kappa shape index (κ3) is 2.13. The highest BCUT2D eigenvalue weighted by Gasteiger charge is 2.08. The maximum atomic E-state index is 10.8. The minimum Gasteiger partial charge on any atom is -0.258 e. The van der Waals surface area contributed by atoms with Gasteiger partial charge in [-0.2, -0.15) is 0 Å². The lowest BCUT2D eigenvalue weighted by atomic mass is 10.1. The fraction of sp³-hybridized carbons (Fsp3) is 0. The van der Waals surface area contributed by atoms with Crippen LogP contribution in [0.5, 0.6) is 0 Å². The van der Waals surface area contributed by atoms with Crippen molar-refractivity contribution >= 4 is 16.7 Å². The molecule has 0 aliphatic rings. The quantitative estimate of drug-likeness (QED) is 0.518. The van der Waals surface area contributed by atoms with Gasteiger partial charge in [-0.05, 0) is 6.07 Å². The Balaban J connectivity index is 2.16. The molecule has 0 atom stereocenters. The molecule has 2 aromatic carbocycles. The Morgan fingerprint density at radius 2 is 1.79 bits per heavy atom. The van der Waals surface area contributed by atoms with Gasteiger partial charge in [-0.1, -0.05) is 30.3 Å². The summed E-state index contributed by atoms with van der Waals surface area (Å²) in [6.07, 6.45) is 1.67. The van der Waals surface area contributed by atoms with Crippen LogP contribution >= 0.6 is 0 Å². The first-order chi connectivity index (χ1) is 9.24. The lowest BCUT2D eigenvalue weighted by Crippen LogP contribution is -1.91. The molecule has 1 aromatic heterocycles. The lowest BCUT2D eigenvalue weighted by molar-refractivity contribution is -0.384. The van der Waals surface area contributed by atoms with Gasteiger partial charge in [0.25, 0.3) is 5.69 Å². The molecule has 0 aliphatic heterocycles. The smallest absolute Gasteiger partial charge is 0.258 e. The second-order valence-electron chi connectivity index (χ2n) is 4.05. The van der Waals surface area contributed by atoms with E-state index >= 15 is 0 Å². The summed E-state index contributed by atoms with van der Waals surface area (Å²) in [7, 11) is 0. The van der Waals surface area contributed by atoms with Crippen LogP contribution < -0.4 is 0 Å². The van der Waals surface area contributed by atoms with Crippen LogP contribution in [0.2, 0.25) is 0 Å². The highest BCUT2D eigenvalue weighted by molar-refractivity contribution is 5.79. The number of hydrogen-bond acceptors (Lipinski definition) is 4. The van der Waals surface area contributed by atoms with Gasteiger partial charge in [-0.3, -0.25) is 15.1 Å². The van der Waals surface area contributed by atoms with E-state index in [9.17, 15) is 10.1 Å². The number of rotatable bonds is 2. The van der Waals surface area contributed by atoms with Crippen molar-refractivity contribution in [3.05, 3.63) is 64.8 Å². The van der Waals surface area contributed by atoms with Crippen LogP contribution in [-0.4, -0.2) is 14.9 Å². The molecule has 5 heteroatoms. The van der Waals surface area contributed by atoms with Crippen LogP contribution in [0.1, 0.15) is 0 Å². The first-order valence-electron chi connectivity index (χ1n) is 5.71. The first kappa shape index (κ1) is 11.3. The second-order valence-corrected chi connectivity index (χ2v) is 4.05. The zero-order chi connectivity index (χ0) is 13.2. The van der Waals surface area contributed by atoms with Gasteiger partial charge < -0.3 is 0 Å². The van der Waals surface area contributed by atoms with Gasteiger partial charge in [0.1, 0.15) is 0 Å². The molecule has 0 amide bonds. The Hall–Kier alpha value is -2.82. The van der Waals surface area contributed by atoms with Gasteiger partial charge in [-0.15, -0.1) is 0 Å². The third-order valence-electron chi connectivity index (χ3n) is 2.81. The Morgan fingerprint density at radius 3 is 2.53 bits per heavy atom. The van der Waals surface area contributed by atoms with Crippen molar-refractivity contribution in [3.63, 3.8) is 0 Å². The summed E-state index contributed by atoms with van der Waals surface area (Å²) < 4.78 is 0. The molecule has 0 spiro atoms. The molecule has 0 N–H and O–H groups in total. The van der Waals surface area contributed by atoms with Crippen molar-refractivity contribution in [2.24, 2.45) is 0 Å². The van der Waals surface area contributed by atoms with Gasteiger partial charge in [0.15, 0.2) is 0 Å². The van der Waals surface area contributed by atoms with Crippen molar-refractivity contribution in [3.8, 4) is 11.3 Å². The monoisotopic (exact) mass is 251 g/mol. The molecule has 3 aromatic rings. The van der Waals surface area contributed by atoms with Crippen molar-refractivity contribution in [2.75, 3.05) is 0 Å². The Bertz CT molecular complexity index is 757. The SMILES string of the molecule is O=[N+]([O-])c1ccc2ncc(-c3ccccc3)nc2c1. The summed E-state index contributed by atoms with van der Waals surface area (Å²) in [6, 6.07) is 14.1. The number of nitrogens with zero attached hydrogens (tertiary/aromatic N) is 3. The molecule has 0 saturated carbocycles. The molecule has 0 radical (unpaired) electrons. The maximum Gasteiger partial charge on any atom is 0.271 e. The number of nitro benzene ring substituents is 1. The number of hydrogen-bond donors (Lipinski definition) is 0. The molecule has 0 bridgehead atoms. The third-order valence-corrected chi connectivity index (χ3v) is 2.81. The maximum absolute atomic E-state index is 10.8. The van der Waals surface area contributed by atoms with Crippen molar-refractivity contribution < 1.29 is 4.92 Å². The van der Waals surface area contributed by atoms with Gasteiger partial charge in [0, 0.05) is 17.7 Å². The van der Waals surface area contributed by atoms with E-state index < -0.39 is 4.92 Å². The number of aromatic nitrogens is 2. The van der Waals surface area contributed by atoms with Crippen LogP contribution in [0.4, 0.5) is 5.69 Å². The van der Waals surface area contributed by atoms with E-state index in [-0.39, 0.29) is 5.69 Å². The zero-order valence-corrected chi connectivity index (χ0v) is 9.85. The molecule has 0 saturated heterocycles. The number of non-ortho nitro benzene ring substituents is 1. The molecular weight excluding hydrogens is 242 g/mol. The van der Waals surface area contributed by atoms with Crippen LogP contribution in [0.3, 0.4) is 0 Å². The summed E-state index contributed by atoms with van der Waals surface area (Å²) >= 11 is 0. The summed E-state index contributed by atoms with van der Waals surface area (Å²) in [5.74, 6) is 0. The van der Waals surface area contributed by atoms with E-state index in [0.29, 0.717) is 16.7 Å². The minimum atomic E-state index is -0.434. The van der Waals surface area contributed by atoms with Gasteiger partial charge in [0.2, 0.25) is 0 Å². The van der Waals surface area contributed by atoms with Crippen molar-refractivity contribution in [1.82, 2.24) is 9.97 Å². The fourth-order valence-corrected chi connectivity index (χ4v) is 1.86. The normalized spacial score (nSPS) is 10.5. The number of fused-ring (bicyclic) bond motifs is 1. The summed E-state index contributed by atoms with van der Waals surface area (Å²) in [6.45, 7) is 0. The molecule has 0 fully saturated rings. The number of nitro groups is 1. The highest BCUT2D eigenvalue weighted by Crippen LogP contribution is 2.21. The van der Waals surface area contributed by atoms with Crippen LogP contribution in [0.25, 0.3) is 22.3 Å². The second kappa shape index (κ2) is 4.45. The summed E-state index contributed by atoms with van der Waals surface area (Å²) in [5.41, 5.74) is 2.82. The average Bonchev–Trinajstić information content (AvgIpc) is 2.47. The van der Waals surface area contributed by atoms with Crippen molar-refractivity contribution in [2.45, 2.75) is 0 Å². The Labute approximate surface area is 108 Å². The predicted molar refractivity (Wildman–Crippen MR) is 71.6 cm³/mol. The van der Waals surface area contributed by atoms with Gasteiger partial charge in [0.05, 0.1) is 27.8 Å². The molecule has 92 valence electrons. The van der Waals surface area contributed by atoms with Crippen LogP contribution in [0.15, 0.2) is 54.7 Å². The van der Waals surface area contributed by atoms with E-state index in [1.807, 2.05) is 30.3 Å². The fourth-order valence-electron chi connectivity index (χ4n) is 1.86. The minimum absolute atomic E-state index is 0.0204. The van der Waals surface area contributed by atoms with Crippen molar-refractivity contribution in [1.29, 1.82) is 0 Å². The van der Waals surface area contributed by atoms with E-state index in [0.717, 1.165) is 5.56 Å². The molecular formula is C14H9N3O2. The van der Waals surface area contributed by atoms with Gasteiger partial charge in [-0.25, -0.2) is 4.98 Å². The molecule has 5 nitrogen and oxygen atoms in total. The van der Waals surface area contributed by atoms with Gasteiger partial charge >= 0.3 is 0 Å². The summed E-state index contributed by atoms with van der Waals surface area (Å²) in [4.78, 5) is 19.0. The van der Waals surface area contributed by atoms with E-state index in [4.69, 9.17) is 0 Å². The predicted octanol–water partition coefficient (Wildman–Crippen LogP) is 3.21. The first-order valence-corrected chi connectivity index (χ1v) is 5.71. The molecule has 0 unspecified atom stereocenters. The molecule has 19 heavy (non-hydrogen) atoms. The van der Waals surface area contributed by atoms with Crippen LogP contribution in [0, 0.1) is 10.1 Å². The van der Waals surface area contributed by atoms with E-state index in [2.05, 4.69) is 9.97 Å². The largest absolute Gasteiger partial charge is 0.271 e. The Morgan fingerprint density at radius 1 is 1.00 bits per heavy atom. The molecule has 3 rings (SSSR count). The molecule has 0 aliphatic carbocycles. The Kier molecular flexibility index (Phi) is 2.64. The zero-order valence-electron chi connectivity index (χ0n) is 9.85. The summed E-state index contributed by atoms with van der Waals surface area (Å²) in [5, 5.41) is 10.8.